The smallest absolute Gasteiger partial charge is 0.235 e. The van der Waals surface area contributed by atoms with E-state index in [-0.39, 0.29) is 5.78 Å². The van der Waals surface area contributed by atoms with Gasteiger partial charge in [0.25, 0.3) is 0 Å². The van der Waals surface area contributed by atoms with E-state index in [0.29, 0.717) is 6.42 Å². The molecule has 3 rings (SSSR count). The van der Waals surface area contributed by atoms with Crippen LogP contribution in [0.5, 0.6) is 0 Å². The molecule has 0 unspecified atom stereocenters. The van der Waals surface area contributed by atoms with Crippen LogP contribution in [-0.2, 0) is 19.0 Å². The minimum Gasteiger partial charge on any atom is -0.469 e. The molecule has 18 heavy (non-hydrogen) atoms. The average molecular weight is 252 g/mol. The van der Waals surface area contributed by atoms with Crippen molar-refractivity contribution in [1.29, 1.82) is 0 Å². The molecule has 0 aromatic heterocycles. The second-order valence-corrected chi connectivity index (χ2v) is 5.36. The van der Waals surface area contributed by atoms with Gasteiger partial charge in [-0.3, -0.25) is 4.79 Å². The first kappa shape index (κ1) is 12.2. The molecule has 100 valence electrons. The SMILES string of the molecule is O=C1CCC/C=C\O[C@@H]2OC3(CCCCC3)O[C@H]12. The zero-order chi connectivity index (χ0) is 12.4. The highest BCUT2D eigenvalue weighted by molar-refractivity contribution is 5.83. The Morgan fingerprint density at radius 2 is 1.94 bits per heavy atom. The Labute approximate surface area is 107 Å². The highest BCUT2D eigenvalue weighted by Crippen LogP contribution is 2.41. The standard InChI is InChI=1S/C14H20O4/c15-11-7-3-1-6-10-16-13-12(11)17-14(18-13)8-4-2-5-9-14/h6,10,12-13H,1-5,7-9H2/b10-6-/t12-,13-/m1/s1. The Bertz CT molecular complexity index is 344. The molecule has 4 nitrogen and oxygen atoms in total. The van der Waals surface area contributed by atoms with Crippen LogP contribution in [0, 0.1) is 0 Å². The van der Waals surface area contributed by atoms with Crippen LogP contribution >= 0.6 is 0 Å². The molecule has 2 fully saturated rings. The summed E-state index contributed by atoms with van der Waals surface area (Å²) in [5, 5.41) is 0. The van der Waals surface area contributed by atoms with Gasteiger partial charge in [0, 0.05) is 19.3 Å². The van der Waals surface area contributed by atoms with Gasteiger partial charge in [-0.25, -0.2) is 0 Å². The molecule has 2 atom stereocenters. The predicted octanol–water partition coefficient (Wildman–Crippen LogP) is 2.67. The summed E-state index contributed by atoms with van der Waals surface area (Å²) in [4.78, 5) is 12.1. The third-order valence-corrected chi connectivity index (χ3v) is 3.96. The number of hydrogen-bond acceptors (Lipinski definition) is 4. The topological polar surface area (TPSA) is 44.8 Å². The van der Waals surface area contributed by atoms with Crippen LogP contribution in [0.1, 0.15) is 51.4 Å². The Hall–Kier alpha value is -0.870. The Morgan fingerprint density at radius 1 is 1.11 bits per heavy atom. The van der Waals surface area contributed by atoms with E-state index in [1.807, 2.05) is 6.08 Å². The first-order chi connectivity index (χ1) is 8.79. The van der Waals surface area contributed by atoms with Gasteiger partial charge in [0.2, 0.25) is 6.29 Å². The maximum absolute atomic E-state index is 12.1. The second kappa shape index (κ2) is 5.02. The lowest BCUT2D eigenvalue weighted by molar-refractivity contribution is -0.215. The van der Waals surface area contributed by atoms with E-state index < -0.39 is 18.2 Å². The highest BCUT2D eigenvalue weighted by Gasteiger charge is 2.51. The van der Waals surface area contributed by atoms with Gasteiger partial charge < -0.3 is 14.2 Å². The fraction of sp³-hybridized carbons (Fsp3) is 0.786. The molecule has 2 aliphatic heterocycles. The lowest BCUT2D eigenvalue weighted by Gasteiger charge is -2.31. The summed E-state index contributed by atoms with van der Waals surface area (Å²) < 4.78 is 17.4. The van der Waals surface area contributed by atoms with Crippen molar-refractivity contribution in [2.45, 2.75) is 69.5 Å². The monoisotopic (exact) mass is 252 g/mol. The van der Waals surface area contributed by atoms with Crippen molar-refractivity contribution in [3.63, 3.8) is 0 Å². The second-order valence-electron chi connectivity index (χ2n) is 5.36. The first-order valence-electron chi connectivity index (χ1n) is 6.98. The van der Waals surface area contributed by atoms with Crippen molar-refractivity contribution >= 4 is 5.78 Å². The van der Waals surface area contributed by atoms with Crippen LogP contribution in [0.15, 0.2) is 12.3 Å². The van der Waals surface area contributed by atoms with E-state index in [1.165, 1.54) is 6.42 Å². The Morgan fingerprint density at radius 3 is 2.78 bits per heavy atom. The van der Waals surface area contributed by atoms with Crippen molar-refractivity contribution in [3.05, 3.63) is 12.3 Å². The van der Waals surface area contributed by atoms with Crippen LogP contribution in [0.25, 0.3) is 0 Å². The van der Waals surface area contributed by atoms with E-state index in [4.69, 9.17) is 14.2 Å². The number of ether oxygens (including phenoxy) is 3. The lowest BCUT2D eigenvalue weighted by atomic mass is 9.94. The molecule has 1 aliphatic carbocycles. The predicted molar refractivity (Wildman–Crippen MR) is 64.6 cm³/mol. The van der Waals surface area contributed by atoms with E-state index >= 15 is 0 Å². The van der Waals surface area contributed by atoms with Crippen molar-refractivity contribution in [3.8, 4) is 0 Å². The first-order valence-corrected chi connectivity index (χ1v) is 6.98. The van der Waals surface area contributed by atoms with Gasteiger partial charge in [0.1, 0.15) is 0 Å². The minimum atomic E-state index is -0.559. The molecule has 0 N–H and O–H groups in total. The molecule has 0 amide bonds. The number of ketones is 1. The molecule has 1 saturated heterocycles. The summed E-state index contributed by atoms with van der Waals surface area (Å²) in [6.07, 6.45) is 9.97. The summed E-state index contributed by atoms with van der Waals surface area (Å²) >= 11 is 0. The summed E-state index contributed by atoms with van der Waals surface area (Å²) in [7, 11) is 0. The summed E-state index contributed by atoms with van der Waals surface area (Å²) in [6.45, 7) is 0. The van der Waals surface area contributed by atoms with Crippen LogP contribution < -0.4 is 0 Å². The van der Waals surface area contributed by atoms with Crippen molar-refractivity contribution in [2.75, 3.05) is 0 Å². The van der Waals surface area contributed by atoms with Crippen molar-refractivity contribution in [2.24, 2.45) is 0 Å². The van der Waals surface area contributed by atoms with Gasteiger partial charge in [0.05, 0.1) is 6.26 Å². The third kappa shape index (κ3) is 2.31. The largest absolute Gasteiger partial charge is 0.469 e. The number of rotatable bonds is 0. The van der Waals surface area contributed by atoms with Crippen LogP contribution in [0.3, 0.4) is 0 Å². The molecule has 3 aliphatic rings. The van der Waals surface area contributed by atoms with Gasteiger partial charge in [-0.05, 0) is 31.8 Å². The molecule has 1 saturated carbocycles. The minimum absolute atomic E-state index is 0.117. The van der Waals surface area contributed by atoms with E-state index in [0.717, 1.165) is 38.5 Å². The highest BCUT2D eigenvalue weighted by atomic mass is 16.8. The number of carbonyl (C=O) groups excluding carboxylic acids is 1. The molecule has 4 heteroatoms. The van der Waals surface area contributed by atoms with Crippen LogP contribution in [0.2, 0.25) is 0 Å². The third-order valence-electron chi connectivity index (χ3n) is 3.96. The maximum Gasteiger partial charge on any atom is 0.235 e. The van der Waals surface area contributed by atoms with E-state index in [2.05, 4.69) is 0 Å². The van der Waals surface area contributed by atoms with Gasteiger partial charge in [-0.2, -0.15) is 0 Å². The number of carbonyl (C=O) groups is 1. The molecule has 0 aromatic carbocycles. The zero-order valence-corrected chi connectivity index (χ0v) is 10.6. The van der Waals surface area contributed by atoms with Crippen LogP contribution in [0.4, 0.5) is 0 Å². The van der Waals surface area contributed by atoms with Gasteiger partial charge >= 0.3 is 0 Å². The fourth-order valence-corrected chi connectivity index (χ4v) is 2.97. The molecular weight excluding hydrogens is 232 g/mol. The molecular formula is C14H20O4. The molecule has 2 heterocycles. The molecule has 1 spiro atoms. The maximum atomic E-state index is 12.1. The van der Waals surface area contributed by atoms with E-state index in [1.54, 1.807) is 6.26 Å². The average Bonchev–Trinajstić information content (AvgIpc) is 2.74. The van der Waals surface area contributed by atoms with Crippen molar-refractivity contribution < 1.29 is 19.0 Å². The summed E-state index contributed by atoms with van der Waals surface area (Å²) in [5.74, 6) is -0.442. The normalized spacial score (nSPS) is 37.2. The van der Waals surface area contributed by atoms with Gasteiger partial charge in [0.15, 0.2) is 17.7 Å². The van der Waals surface area contributed by atoms with Gasteiger partial charge in [-0.1, -0.05) is 6.42 Å². The molecule has 0 bridgehead atoms. The quantitative estimate of drug-likeness (QED) is 0.665. The number of hydrogen-bond donors (Lipinski definition) is 0. The summed E-state index contributed by atoms with van der Waals surface area (Å²) in [6, 6.07) is 0. The van der Waals surface area contributed by atoms with E-state index in [9.17, 15) is 4.79 Å². The zero-order valence-electron chi connectivity index (χ0n) is 10.6. The summed E-state index contributed by atoms with van der Waals surface area (Å²) in [5.41, 5.74) is 0. The molecule has 0 radical (unpaired) electrons. The number of Topliss-reactive ketones (excluding diaryl/α,β-unsaturated/α-hetero) is 1. The Kier molecular flexibility index (Phi) is 3.39. The number of fused-ring (bicyclic) bond motifs is 1. The fourth-order valence-electron chi connectivity index (χ4n) is 2.97. The number of allylic oxidation sites excluding steroid dienone is 1. The van der Waals surface area contributed by atoms with Gasteiger partial charge in [-0.15, -0.1) is 0 Å². The van der Waals surface area contributed by atoms with Crippen LogP contribution in [-0.4, -0.2) is 24.0 Å². The molecule has 0 aromatic rings. The lowest BCUT2D eigenvalue weighted by Crippen LogP contribution is -2.34. The van der Waals surface area contributed by atoms with Crippen molar-refractivity contribution in [1.82, 2.24) is 0 Å². The Balaban J connectivity index is 1.77.